The van der Waals surface area contributed by atoms with Crippen LogP contribution in [0, 0.1) is 6.92 Å². The standard InChI is InChI=1S/C12H15BrN2S2/c1-3-4-14-6-11-8(2)15-12(17-11)10-5-9(13)7-16-10/h5,7,14H,3-4,6H2,1-2H3. The maximum atomic E-state index is 4.64. The number of aryl methyl sites for hydroxylation is 1. The predicted molar refractivity (Wildman–Crippen MR) is 79.9 cm³/mol. The Bertz CT molecular complexity index is 490. The minimum Gasteiger partial charge on any atom is -0.312 e. The molecule has 2 aromatic rings. The number of nitrogens with one attached hydrogen (secondary N) is 1. The molecule has 0 aliphatic rings. The van der Waals surface area contributed by atoms with Crippen molar-refractivity contribution in [3.05, 3.63) is 26.5 Å². The quantitative estimate of drug-likeness (QED) is 0.819. The third-order valence-corrected chi connectivity index (χ3v) is 5.40. The van der Waals surface area contributed by atoms with Crippen molar-refractivity contribution in [3.8, 4) is 9.88 Å². The van der Waals surface area contributed by atoms with Crippen LogP contribution < -0.4 is 5.32 Å². The third kappa shape index (κ3) is 3.37. The lowest BCUT2D eigenvalue weighted by atomic mass is 10.4. The molecule has 2 aromatic heterocycles. The van der Waals surface area contributed by atoms with Gasteiger partial charge in [-0.15, -0.1) is 22.7 Å². The smallest absolute Gasteiger partial charge is 0.133 e. The summed E-state index contributed by atoms with van der Waals surface area (Å²) in [5.41, 5.74) is 1.15. The Balaban J connectivity index is 2.13. The molecule has 17 heavy (non-hydrogen) atoms. The van der Waals surface area contributed by atoms with E-state index in [1.165, 1.54) is 16.2 Å². The van der Waals surface area contributed by atoms with Gasteiger partial charge in [0.15, 0.2) is 0 Å². The van der Waals surface area contributed by atoms with E-state index in [0.717, 1.165) is 28.3 Å². The van der Waals surface area contributed by atoms with Crippen molar-refractivity contribution in [1.29, 1.82) is 0 Å². The van der Waals surface area contributed by atoms with Gasteiger partial charge in [-0.2, -0.15) is 0 Å². The second-order valence-corrected chi connectivity index (χ2v) is 6.74. The van der Waals surface area contributed by atoms with Crippen LogP contribution >= 0.6 is 38.6 Å². The van der Waals surface area contributed by atoms with Gasteiger partial charge >= 0.3 is 0 Å². The molecule has 2 rings (SSSR count). The van der Waals surface area contributed by atoms with E-state index in [2.05, 4.69) is 51.5 Å². The lowest BCUT2D eigenvalue weighted by Gasteiger charge is -1.99. The molecule has 5 heteroatoms. The predicted octanol–water partition coefficient (Wildman–Crippen LogP) is 4.44. The lowest BCUT2D eigenvalue weighted by molar-refractivity contribution is 0.678. The first-order chi connectivity index (χ1) is 8.20. The zero-order valence-electron chi connectivity index (χ0n) is 9.92. The van der Waals surface area contributed by atoms with Crippen molar-refractivity contribution in [2.75, 3.05) is 6.54 Å². The average Bonchev–Trinajstić information content (AvgIpc) is 2.86. The summed E-state index contributed by atoms with van der Waals surface area (Å²) in [5.74, 6) is 0. The van der Waals surface area contributed by atoms with E-state index in [0.29, 0.717) is 0 Å². The maximum Gasteiger partial charge on any atom is 0.133 e. The van der Waals surface area contributed by atoms with E-state index in [-0.39, 0.29) is 0 Å². The summed E-state index contributed by atoms with van der Waals surface area (Å²) in [7, 11) is 0. The van der Waals surface area contributed by atoms with Crippen LogP contribution in [0.15, 0.2) is 15.9 Å². The zero-order valence-corrected chi connectivity index (χ0v) is 13.1. The lowest BCUT2D eigenvalue weighted by Crippen LogP contribution is -2.13. The van der Waals surface area contributed by atoms with Crippen molar-refractivity contribution in [3.63, 3.8) is 0 Å². The summed E-state index contributed by atoms with van der Waals surface area (Å²) in [5, 5.41) is 6.66. The molecule has 0 spiro atoms. The van der Waals surface area contributed by atoms with Crippen molar-refractivity contribution < 1.29 is 0 Å². The molecule has 92 valence electrons. The summed E-state index contributed by atoms with van der Waals surface area (Å²) in [6, 6.07) is 2.13. The molecule has 0 aliphatic carbocycles. The first-order valence-electron chi connectivity index (χ1n) is 5.62. The number of aromatic nitrogens is 1. The van der Waals surface area contributed by atoms with E-state index < -0.39 is 0 Å². The Hall–Kier alpha value is -0.230. The highest BCUT2D eigenvalue weighted by atomic mass is 79.9. The molecule has 0 fully saturated rings. The second kappa shape index (κ2) is 6.09. The average molecular weight is 331 g/mol. The molecule has 0 aromatic carbocycles. The Morgan fingerprint density at radius 1 is 1.47 bits per heavy atom. The van der Waals surface area contributed by atoms with Gasteiger partial charge in [-0.05, 0) is 41.9 Å². The first kappa shape index (κ1) is 13.2. The van der Waals surface area contributed by atoms with Crippen molar-refractivity contribution >= 4 is 38.6 Å². The topological polar surface area (TPSA) is 24.9 Å². The second-order valence-electron chi connectivity index (χ2n) is 3.83. The fourth-order valence-corrected chi connectivity index (χ4v) is 4.02. The molecular weight excluding hydrogens is 316 g/mol. The third-order valence-electron chi connectivity index (χ3n) is 2.38. The Labute approximate surface area is 118 Å². The summed E-state index contributed by atoms with van der Waals surface area (Å²) in [6.45, 7) is 6.27. The van der Waals surface area contributed by atoms with Crippen LogP contribution in [-0.2, 0) is 6.54 Å². The summed E-state index contributed by atoms with van der Waals surface area (Å²) in [4.78, 5) is 7.23. The molecule has 1 N–H and O–H groups in total. The van der Waals surface area contributed by atoms with Crippen LogP contribution in [0.2, 0.25) is 0 Å². The largest absolute Gasteiger partial charge is 0.312 e. The van der Waals surface area contributed by atoms with Crippen molar-refractivity contribution in [2.24, 2.45) is 0 Å². The van der Waals surface area contributed by atoms with Gasteiger partial charge in [0, 0.05) is 21.3 Å². The van der Waals surface area contributed by atoms with E-state index >= 15 is 0 Å². The highest BCUT2D eigenvalue weighted by Crippen LogP contribution is 2.34. The minimum absolute atomic E-state index is 0.934. The molecule has 0 atom stereocenters. The SMILES string of the molecule is CCCNCc1sc(-c2cc(Br)cs2)nc1C. The van der Waals surface area contributed by atoms with Gasteiger partial charge in [0.1, 0.15) is 5.01 Å². The fourth-order valence-electron chi connectivity index (χ4n) is 1.50. The highest BCUT2D eigenvalue weighted by molar-refractivity contribution is 9.10. The van der Waals surface area contributed by atoms with Gasteiger partial charge < -0.3 is 5.32 Å². The number of hydrogen-bond donors (Lipinski definition) is 1. The van der Waals surface area contributed by atoms with Crippen LogP contribution in [0.4, 0.5) is 0 Å². The van der Waals surface area contributed by atoms with E-state index in [4.69, 9.17) is 0 Å². The molecule has 0 radical (unpaired) electrons. The normalized spacial score (nSPS) is 11.0. The molecule has 0 unspecified atom stereocenters. The van der Waals surface area contributed by atoms with E-state index in [1.807, 2.05) is 0 Å². The molecule has 0 aliphatic heterocycles. The summed E-state index contributed by atoms with van der Waals surface area (Å²) in [6.07, 6.45) is 1.17. The molecular formula is C12H15BrN2S2. The Kier molecular flexibility index (Phi) is 4.73. The monoisotopic (exact) mass is 330 g/mol. The van der Waals surface area contributed by atoms with Crippen LogP contribution in [0.25, 0.3) is 9.88 Å². The molecule has 0 saturated carbocycles. The molecule has 0 saturated heterocycles. The number of rotatable bonds is 5. The number of halogens is 1. The van der Waals surface area contributed by atoms with Gasteiger partial charge in [-0.1, -0.05) is 6.92 Å². The molecule has 0 amide bonds. The van der Waals surface area contributed by atoms with Crippen molar-refractivity contribution in [2.45, 2.75) is 26.8 Å². The minimum atomic E-state index is 0.934. The van der Waals surface area contributed by atoms with E-state index in [1.54, 1.807) is 22.7 Å². The number of nitrogens with zero attached hydrogens (tertiary/aromatic N) is 1. The van der Waals surface area contributed by atoms with Crippen LogP contribution in [-0.4, -0.2) is 11.5 Å². The van der Waals surface area contributed by atoms with Gasteiger partial charge in [0.2, 0.25) is 0 Å². The highest BCUT2D eigenvalue weighted by Gasteiger charge is 2.10. The summed E-state index contributed by atoms with van der Waals surface area (Å²) >= 11 is 7.01. The van der Waals surface area contributed by atoms with Crippen molar-refractivity contribution in [1.82, 2.24) is 10.3 Å². The number of hydrogen-bond acceptors (Lipinski definition) is 4. The van der Waals surface area contributed by atoms with Gasteiger partial charge in [-0.25, -0.2) is 4.98 Å². The number of thiazole rings is 1. The van der Waals surface area contributed by atoms with Crippen LogP contribution in [0.5, 0.6) is 0 Å². The molecule has 2 nitrogen and oxygen atoms in total. The van der Waals surface area contributed by atoms with Gasteiger partial charge in [-0.3, -0.25) is 0 Å². The summed E-state index contributed by atoms with van der Waals surface area (Å²) < 4.78 is 1.14. The number of thiophene rings is 1. The molecule has 0 bridgehead atoms. The maximum absolute atomic E-state index is 4.64. The van der Waals surface area contributed by atoms with Crippen LogP contribution in [0.1, 0.15) is 23.9 Å². The van der Waals surface area contributed by atoms with Gasteiger partial charge in [0.05, 0.1) is 10.6 Å². The fraction of sp³-hybridized carbons (Fsp3) is 0.417. The Morgan fingerprint density at radius 2 is 2.29 bits per heavy atom. The first-order valence-corrected chi connectivity index (χ1v) is 8.11. The zero-order chi connectivity index (χ0) is 12.3. The van der Waals surface area contributed by atoms with E-state index in [9.17, 15) is 0 Å². The van der Waals surface area contributed by atoms with Crippen LogP contribution in [0.3, 0.4) is 0 Å². The molecule has 2 heterocycles. The van der Waals surface area contributed by atoms with Gasteiger partial charge in [0.25, 0.3) is 0 Å². The Morgan fingerprint density at radius 3 is 2.94 bits per heavy atom.